The van der Waals surface area contributed by atoms with Crippen LogP contribution in [0.3, 0.4) is 0 Å². The van der Waals surface area contributed by atoms with Crippen molar-refractivity contribution < 1.29 is 0 Å². The first kappa shape index (κ1) is 13.7. The van der Waals surface area contributed by atoms with E-state index in [1.165, 1.54) is 11.1 Å². The summed E-state index contributed by atoms with van der Waals surface area (Å²) in [7, 11) is 0. The van der Waals surface area contributed by atoms with Crippen LogP contribution in [0.5, 0.6) is 0 Å². The van der Waals surface area contributed by atoms with Gasteiger partial charge in [-0.3, -0.25) is 4.99 Å². The molecule has 1 aromatic rings. The monoisotopic (exact) mass is 329 g/mol. The summed E-state index contributed by atoms with van der Waals surface area (Å²) < 4.78 is 0.895. The molecule has 0 spiro atoms. The standard InChI is InChI=1S/C13H17BrClN3/c1-7(2)9-6-10(15)11(14)12(8(9)3)18-5-4-17-13(18)16/h6-7H,4-5H2,1-3H3,(H2,16,17). The van der Waals surface area contributed by atoms with Crippen LogP contribution in [0.25, 0.3) is 0 Å². The van der Waals surface area contributed by atoms with Gasteiger partial charge in [-0.1, -0.05) is 25.4 Å². The van der Waals surface area contributed by atoms with E-state index in [-0.39, 0.29) is 0 Å². The van der Waals surface area contributed by atoms with Gasteiger partial charge >= 0.3 is 0 Å². The van der Waals surface area contributed by atoms with Crippen molar-refractivity contribution >= 4 is 39.2 Å². The minimum Gasteiger partial charge on any atom is -0.370 e. The molecular weight excluding hydrogens is 314 g/mol. The van der Waals surface area contributed by atoms with Crippen molar-refractivity contribution in [3.63, 3.8) is 0 Å². The summed E-state index contributed by atoms with van der Waals surface area (Å²) in [6.45, 7) is 7.98. The number of halogens is 2. The lowest BCUT2D eigenvalue weighted by Crippen LogP contribution is -2.34. The summed E-state index contributed by atoms with van der Waals surface area (Å²) in [4.78, 5) is 6.26. The van der Waals surface area contributed by atoms with Crippen molar-refractivity contribution in [3.05, 3.63) is 26.7 Å². The van der Waals surface area contributed by atoms with Gasteiger partial charge in [-0.05, 0) is 46.0 Å². The Labute approximate surface area is 121 Å². The molecule has 1 aliphatic heterocycles. The van der Waals surface area contributed by atoms with Crippen molar-refractivity contribution in [2.75, 3.05) is 18.0 Å². The summed E-state index contributed by atoms with van der Waals surface area (Å²) in [5.74, 6) is 0.992. The third-order valence-electron chi connectivity index (χ3n) is 3.25. The molecule has 5 heteroatoms. The number of nitrogens with two attached hydrogens (primary N) is 1. The number of hydrogen-bond donors (Lipinski definition) is 1. The molecule has 0 aromatic heterocycles. The van der Waals surface area contributed by atoms with Crippen LogP contribution in [0.15, 0.2) is 15.5 Å². The lowest BCUT2D eigenvalue weighted by Gasteiger charge is -2.25. The predicted molar refractivity (Wildman–Crippen MR) is 81.8 cm³/mol. The minimum absolute atomic E-state index is 0.426. The topological polar surface area (TPSA) is 41.6 Å². The Bertz CT molecular complexity index is 511. The number of hydrogen-bond acceptors (Lipinski definition) is 3. The van der Waals surface area contributed by atoms with E-state index in [0.717, 1.165) is 28.3 Å². The van der Waals surface area contributed by atoms with Crippen LogP contribution >= 0.6 is 27.5 Å². The van der Waals surface area contributed by atoms with Gasteiger partial charge in [0.15, 0.2) is 5.96 Å². The van der Waals surface area contributed by atoms with Crippen LogP contribution in [0.1, 0.15) is 30.9 Å². The zero-order chi connectivity index (χ0) is 13.4. The van der Waals surface area contributed by atoms with Gasteiger partial charge in [0.2, 0.25) is 0 Å². The van der Waals surface area contributed by atoms with Gasteiger partial charge in [-0.2, -0.15) is 0 Å². The molecule has 0 radical (unpaired) electrons. The molecule has 0 saturated heterocycles. The van der Waals surface area contributed by atoms with E-state index >= 15 is 0 Å². The molecular formula is C13H17BrClN3. The second-order valence-corrected chi connectivity index (χ2v) is 5.98. The van der Waals surface area contributed by atoms with Gasteiger partial charge in [0, 0.05) is 6.54 Å². The van der Waals surface area contributed by atoms with E-state index in [4.69, 9.17) is 17.3 Å². The van der Waals surface area contributed by atoms with Crippen molar-refractivity contribution in [2.24, 2.45) is 10.7 Å². The van der Waals surface area contributed by atoms with Gasteiger partial charge in [0.25, 0.3) is 0 Å². The SMILES string of the molecule is Cc1c(C(C)C)cc(Cl)c(Br)c1N1CCN=C1N. The van der Waals surface area contributed by atoms with E-state index in [0.29, 0.717) is 11.9 Å². The van der Waals surface area contributed by atoms with Gasteiger partial charge in [0.1, 0.15) is 0 Å². The summed E-state index contributed by atoms with van der Waals surface area (Å²) in [5, 5.41) is 0.721. The number of benzene rings is 1. The summed E-state index contributed by atoms with van der Waals surface area (Å²) in [6, 6.07) is 2.03. The first-order valence-corrected chi connectivity index (χ1v) is 7.16. The highest BCUT2D eigenvalue weighted by Crippen LogP contribution is 2.40. The zero-order valence-electron chi connectivity index (χ0n) is 10.8. The molecule has 2 rings (SSSR count). The maximum absolute atomic E-state index is 6.31. The molecule has 0 unspecified atom stereocenters. The average Bonchev–Trinajstić information content (AvgIpc) is 2.70. The lowest BCUT2D eigenvalue weighted by atomic mass is 9.96. The fourth-order valence-corrected chi connectivity index (χ4v) is 3.17. The van der Waals surface area contributed by atoms with Crippen molar-refractivity contribution in [1.82, 2.24) is 0 Å². The molecule has 0 saturated carbocycles. The third-order valence-corrected chi connectivity index (χ3v) is 4.58. The Kier molecular flexibility index (Phi) is 3.87. The number of nitrogens with zero attached hydrogens (tertiary/aromatic N) is 2. The van der Waals surface area contributed by atoms with Crippen LogP contribution in [0, 0.1) is 6.92 Å². The molecule has 1 aliphatic rings. The fraction of sp³-hybridized carbons (Fsp3) is 0.462. The van der Waals surface area contributed by atoms with Crippen molar-refractivity contribution in [3.8, 4) is 0 Å². The minimum atomic E-state index is 0.426. The molecule has 0 bridgehead atoms. The van der Waals surface area contributed by atoms with Gasteiger partial charge in [-0.25, -0.2) is 0 Å². The number of guanidine groups is 1. The smallest absolute Gasteiger partial charge is 0.195 e. The lowest BCUT2D eigenvalue weighted by molar-refractivity contribution is 0.853. The third kappa shape index (κ3) is 2.24. The van der Waals surface area contributed by atoms with E-state index < -0.39 is 0 Å². The molecule has 0 atom stereocenters. The van der Waals surface area contributed by atoms with Crippen LogP contribution in [-0.2, 0) is 0 Å². The Morgan fingerprint density at radius 3 is 2.67 bits per heavy atom. The molecule has 2 N–H and O–H groups in total. The molecule has 3 nitrogen and oxygen atoms in total. The number of anilines is 1. The quantitative estimate of drug-likeness (QED) is 0.899. The molecule has 1 aromatic carbocycles. The number of aliphatic imine (C=N–C) groups is 1. The first-order valence-electron chi connectivity index (χ1n) is 5.99. The molecule has 1 heterocycles. The zero-order valence-corrected chi connectivity index (χ0v) is 13.1. The van der Waals surface area contributed by atoms with E-state index in [9.17, 15) is 0 Å². The summed E-state index contributed by atoms with van der Waals surface area (Å²) in [5.41, 5.74) is 9.44. The highest BCUT2D eigenvalue weighted by atomic mass is 79.9. The van der Waals surface area contributed by atoms with E-state index in [1.807, 2.05) is 11.0 Å². The van der Waals surface area contributed by atoms with Crippen LogP contribution in [-0.4, -0.2) is 19.0 Å². The van der Waals surface area contributed by atoms with Gasteiger partial charge < -0.3 is 10.6 Å². The van der Waals surface area contributed by atoms with Crippen molar-refractivity contribution in [2.45, 2.75) is 26.7 Å². The Balaban J connectivity index is 2.62. The molecule has 18 heavy (non-hydrogen) atoms. The Hall–Kier alpha value is -0.740. The maximum atomic E-state index is 6.31. The van der Waals surface area contributed by atoms with Gasteiger partial charge in [-0.15, -0.1) is 0 Å². The Morgan fingerprint density at radius 1 is 1.50 bits per heavy atom. The van der Waals surface area contributed by atoms with Crippen LogP contribution in [0.2, 0.25) is 5.02 Å². The molecule has 0 amide bonds. The molecule has 0 fully saturated rings. The summed E-state index contributed by atoms with van der Waals surface area (Å²) in [6.07, 6.45) is 0. The predicted octanol–water partition coefficient (Wildman–Crippen LogP) is 3.67. The van der Waals surface area contributed by atoms with Gasteiger partial charge in [0.05, 0.1) is 21.7 Å². The molecule has 0 aliphatic carbocycles. The highest BCUT2D eigenvalue weighted by molar-refractivity contribution is 9.10. The van der Waals surface area contributed by atoms with E-state index in [2.05, 4.69) is 41.7 Å². The second kappa shape index (κ2) is 5.10. The number of rotatable bonds is 2. The summed E-state index contributed by atoms with van der Waals surface area (Å²) >= 11 is 9.87. The largest absolute Gasteiger partial charge is 0.370 e. The van der Waals surface area contributed by atoms with Crippen LogP contribution < -0.4 is 10.6 Å². The van der Waals surface area contributed by atoms with E-state index in [1.54, 1.807) is 0 Å². The second-order valence-electron chi connectivity index (χ2n) is 4.78. The average molecular weight is 331 g/mol. The maximum Gasteiger partial charge on any atom is 0.195 e. The highest BCUT2D eigenvalue weighted by Gasteiger charge is 2.23. The molecule has 98 valence electrons. The van der Waals surface area contributed by atoms with Crippen molar-refractivity contribution in [1.29, 1.82) is 0 Å². The van der Waals surface area contributed by atoms with Crippen LogP contribution in [0.4, 0.5) is 5.69 Å². The Morgan fingerprint density at radius 2 is 2.17 bits per heavy atom. The normalized spacial score (nSPS) is 15.4. The fourth-order valence-electron chi connectivity index (χ4n) is 2.33. The first-order chi connectivity index (χ1) is 8.43.